The standard InChI is InChI=1S/C7H13N3O2/c1-9-6(4-5-8)7(11)10(2)12-3/h4-5,8-9H,1-3H3/b6-4-,8-5?. The fourth-order valence-electron chi connectivity index (χ4n) is 0.597. The number of likely N-dealkylation sites (N-methyl/N-ethyl adjacent to an activating group) is 2. The van der Waals surface area contributed by atoms with Gasteiger partial charge in [-0.2, -0.15) is 0 Å². The summed E-state index contributed by atoms with van der Waals surface area (Å²) in [7, 11) is 4.50. The number of amides is 1. The van der Waals surface area contributed by atoms with E-state index in [2.05, 4.69) is 10.2 Å². The predicted octanol–water partition coefficient (Wildman–Crippen LogP) is -0.241. The van der Waals surface area contributed by atoms with E-state index in [0.717, 1.165) is 11.3 Å². The molecule has 0 saturated carbocycles. The molecular formula is C7H13N3O2. The Balaban J connectivity index is 4.42. The second-order valence-electron chi connectivity index (χ2n) is 1.98. The molecule has 5 heteroatoms. The van der Waals surface area contributed by atoms with Crippen LogP contribution in [0.15, 0.2) is 11.8 Å². The van der Waals surface area contributed by atoms with E-state index in [4.69, 9.17) is 5.41 Å². The lowest BCUT2D eigenvalue weighted by Gasteiger charge is -2.14. The number of nitrogens with zero attached hydrogens (tertiary/aromatic N) is 1. The van der Waals surface area contributed by atoms with E-state index >= 15 is 0 Å². The molecule has 0 aliphatic heterocycles. The highest BCUT2D eigenvalue weighted by Crippen LogP contribution is 1.94. The molecule has 0 heterocycles. The number of nitrogens with one attached hydrogen (secondary N) is 2. The van der Waals surface area contributed by atoms with Crippen molar-refractivity contribution >= 4 is 12.1 Å². The first kappa shape index (κ1) is 10.6. The lowest BCUT2D eigenvalue weighted by molar-refractivity contribution is -0.164. The van der Waals surface area contributed by atoms with Gasteiger partial charge in [-0.1, -0.05) is 0 Å². The first-order chi connectivity index (χ1) is 5.67. The SMILES string of the molecule is CN/C(=C\C=N)C(=O)N(C)OC. The molecule has 0 saturated heterocycles. The monoisotopic (exact) mass is 171 g/mol. The Bertz CT molecular complexity index is 201. The zero-order valence-corrected chi connectivity index (χ0v) is 7.42. The van der Waals surface area contributed by atoms with E-state index in [-0.39, 0.29) is 5.91 Å². The van der Waals surface area contributed by atoms with Gasteiger partial charge in [-0.3, -0.25) is 9.63 Å². The zero-order chi connectivity index (χ0) is 9.56. The van der Waals surface area contributed by atoms with E-state index in [9.17, 15) is 4.79 Å². The maximum atomic E-state index is 11.3. The summed E-state index contributed by atoms with van der Waals surface area (Å²) < 4.78 is 0. The van der Waals surface area contributed by atoms with E-state index in [1.165, 1.54) is 20.2 Å². The van der Waals surface area contributed by atoms with Gasteiger partial charge in [0.2, 0.25) is 0 Å². The Morgan fingerprint density at radius 2 is 2.25 bits per heavy atom. The molecule has 0 atom stereocenters. The lowest BCUT2D eigenvalue weighted by Crippen LogP contribution is -2.31. The van der Waals surface area contributed by atoms with Crippen LogP contribution in [0.25, 0.3) is 0 Å². The molecule has 1 amide bonds. The molecule has 0 rings (SSSR count). The molecule has 0 bridgehead atoms. The Morgan fingerprint density at radius 1 is 1.67 bits per heavy atom. The van der Waals surface area contributed by atoms with Crippen LogP contribution in [0.4, 0.5) is 0 Å². The smallest absolute Gasteiger partial charge is 0.293 e. The van der Waals surface area contributed by atoms with Gasteiger partial charge < -0.3 is 10.7 Å². The quantitative estimate of drug-likeness (QED) is 0.348. The highest BCUT2D eigenvalue weighted by molar-refractivity contribution is 5.95. The van der Waals surface area contributed by atoms with Gasteiger partial charge in [-0.15, -0.1) is 0 Å². The molecule has 0 aliphatic carbocycles. The molecule has 0 fully saturated rings. The molecular weight excluding hydrogens is 158 g/mol. The van der Waals surface area contributed by atoms with E-state index in [0.29, 0.717) is 5.70 Å². The maximum absolute atomic E-state index is 11.3. The van der Waals surface area contributed by atoms with Crippen molar-refractivity contribution in [2.75, 3.05) is 21.2 Å². The molecule has 0 aliphatic rings. The first-order valence-corrected chi connectivity index (χ1v) is 3.38. The molecule has 5 nitrogen and oxygen atoms in total. The summed E-state index contributed by atoms with van der Waals surface area (Å²) in [5.74, 6) is -0.316. The van der Waals surface area contributed by atoms with Crippen molar-refractivity contribution in [2.24, 2.45) is 0 Å². The number of hydrogen-bond acceptors (Lipinski definition) is 4. The van der Waals surface area contributed by atoms with Crippen molar-refractivity contribution in [3.8, 4) is 0 Å². The molecule has 0 aromatic rings. The van der Waals surface area contributed by atoms with Crippen LogP contribution < -0.4 is 5.32 Å². The van der Waals surface area contributed by atoms with Gasteiger partial charge in [0.25, 0.3) is 5.91 Å². The highest BCUT2D eigenvalue weighted by atomic mass is 16.7. The lowest BCUT2D eigenvalue weighted by atomic mass is 10.4. The number of hydrogen-bond donors (Lipinski definition) is 2. The molecule has 0 radical (unpaired) electrons. The minimum atomic E-state index is -0.316. The number of carbonyl (C=O) groups excluding carboxylic acids is 1. The van der Waals surface area contributed by atoms with Crippen molar-refractivity contribution in [2.45, 2.75) is 0 Å². The van der Waals surface area contributed by atoms with Crippen LogP contribution in [-0.2, 0) is 9.63 Å². The summed E-state index contributed by atoms with van der Waals surface area (Å²) in [6.45, 7) is 0. The molecule has 0 unspecified atom stereocenters. The minimum absolute atomic E-state index is 0.314. The summed E-state index contributed by atoms with van der Waals surface area (Å²) in [6.07, 6.45) is 2.39. The molecule has 0 aromatic carbocycles. The molecule has 0 spiro atoms. The highest BCUT2D eigenvalue weighted by Gasteiger charge is 2.11. The average Bonchev–Trinajstić information content (AvgIpc) is 2.11. The number of hydroxylamine groups is 2. The summed E-state index contributed by atoms with van der Waals surface area (Å²) in [4.78, 5) is 15.9. The topological polar surface area (TPSA) is 65.4 Å². The largest absolute Gasteiger partial charge is 0.384 e. The summed E-state index contributed by atoms with van der Waals surface area (Å²) in [5, 5.41) is 10.5. The third kappa shape index (κ3) is 2.71. The zero-order valence-electron chi connectivity index (χ0n) is 7.42. The van der Waals surface area contributed by atoms with Crippen molar-refractivity contribution in [3.05, 3.63) is 11.8 Å². The summed E-state index contributed by atoms with van der Waals surface area (Å²) in [6, 6.07) is 0. The Kier molecular flexibility index (Phi) is 4.71. The fraction of sp³-hybridized carbons (Fsp3) is 0.429. The van der Waals surface area contributed by atoms with Gasteiger partial charge >= 0.3 is 0 Å². The first-order valence-electron chi connectivity index (χ1n) is 3.38. The second-order valence-corrected chi connectivity index (χ2v) is 1.98. The normalized spacial score (nSPS) is 10.8. The van der Waals surface area contributed by atoms with Crippen LogP contribution >= 0.6 is 0 Å². The van der Waals surface area contributed by atoms with Gasteiger partial charge in [-0.25, -0.2) is 5.06 Å². The fourth-order valence-corrected chi connectivity index (χ4v) is 0.597. The number of rotatable bonds is 4. The molecule has 0 aromatic heterocycles. The van der Waals surface area contributed by atoms with Crippen LogP contribution in [0, 0.1) is 5.41 Å². The van der Waals surface area contributed by atoms with Crippen LogP contribution in [0.2, 0.25) is 0 Å². The van der Waals surface area contributed by atoms with E-state index < -0.39 is 0 Å². The van der Waals surface area contributed by atoms with Crippen LogP contribution in [0.1, 0.15) is 0 Å². The van der Waals surface area contributed by atoms with E-state index in [1.54, 1.807) is 7.05 Å². The molecule has 12 heavy (non-hydrogen) atoms. The second kappa shape index (κ2) is 5.31. The Hall–Kier alpha value is -1.36. The van der Waals surface area contributed by atoms with Crippen molar-refractivity contribution < 1.29 is 9.63 Å². The van der Waals surface area contributed by atoms with Crippen molar-refractivity contribution in [1.29, 1.82) is 5.41 Å². The third-order valence-electron chi connectivity index (χ3n) is 1.31. The van der Waals surface area contributed by atoms with Gasteiger partial charge in [-0.05, 0) is 6.08 Å². The third-order valence-corrected chi connectivity index (χ3v) is 1.31. The predicted molar refractivity (Wildman–Crippen MR) is 45.7 cm³/mol. The Labute approximate surface area is 71.5 Å². The van der Waals surface area contributed by atoms with Crippen LogP contribution in [-0.4, -0.2) is 38.4 Å². The summed E-state index contributed by atoms with van der Waals surface area (Å²) in [5.41, 5.74) is 0.314. The Morgan fingerprint density at radius 3 is 2.58 bits per heavy atom. The average molecular weight is 171 g/mol. The van der Waals surface area contributed by atoms with Crippen molar-refractivity contribution in [3.63, 3.8) is 0 Å². The van der Waals surface area contributed by atoms with Gasteiger partial charge in [0.05, 0.1) is 7.11 Å². The van der Waals surface area contributed by atoms with Crippen LogP contribution in [0.3, 0.4) is 0 Å². The maximum Gasteiger partial charge on any atom is 0.293 e. The van der Waals surface area contributed by atoms with Crippen LogP contribution in [0.5, 0.6) is 0 Å². The number of carbonyl (C=O) groups is 1. The van der Waals surface area contributed by atoms with Gasteiger partial charge in [0.15, 0.2) is 0 Å². The van der Waals surface area contributed by atoms with Crippen molar-refractivity contribution in [1.82, 2.24) is 10.4 Å². The minimum Gasteiger partial charge on any atom is -0.384 e. The van der Waals surface area contributed by atoms with Gasteiger partial charge in [0.1, 0.15) is 5.70 Å². The summed E-state index contributed by atoms with van der Waals surface area (Å²) >= 11 is 0. The van der Waals surface area contributed by atoms with E-state index in [1.807, 2.05) is 0 Å². The molecule has 2 N–H and O–H groups in total. The van der Waals surface area contributed by atoms with Gasteiger partial charge in [0, 0.05) is 20.3 Å². The number of allylic oxidation sites excluding steroid dienone is 1. The molecule has 68 valence electrons.